The van der Waals surface area contributed by atoms with Crippen LogP contribution in [0, 0.1) is 6.92 Å². The molecule has 0 saturated heterocycles. The van der Waals surface area contributed by atoms with Crippen molar-refractivity contribution in [3.8, 4) is 5.75 Å². The van der Waals surface area contributed by atoms with Crippen molar-refractivity contribution in [2.45, 2.75) is 20.8 Å². The quantitative estimate of drug-likeness (QED) is 0.0512. The molecule has 55 heavy (non-hydrogen) atoms. The van der Waals surface area contributed by atoms with Crippen molar-refractivity contribution >= 4 is 78.1 Å². The number of fused-ring (bicyclic) bond motifs is 3. The molecular formula is C46H49N7O2. The molecule has 0 aromatic heterocycles. The van der Waals surface area contributed by atoms with Crippen molar-refractivity contribution in [2.24, 2.45) is 0 Å². The van der Waals surface area contributed by atoms with Crippen LogP contribution in [0.3, 0.4) is 0 Å². The van der Waals surface area contributed by atoms with Gasteiger partial charge in [-0.3, -0.25) is 0 Å². The number of nitrogen functional groups attached to an aromatic ring is 7. The van der Waals surface area contributed by atoms with Crippen LogP contribution in [0.5, 0.6) is 5.75 Å². The smallest absolute Gasteiger partial charge is 0.343 e. The molecule has 0 fully saturated rings. The largest absolute Gasteiger partial charge is 0.423 e. The average molecular weight is 732 g/mol. The highest BCUT2D eigenvalue weighted by molar-refractivity contribution is 6.02. The molecular weight excluding hydrogens is 683 g/mol. The molecule has 280 valence electrons. The number of rotatable bonds is 2. The van der Waals surface area contributed by atoms with E-state index in [9.17, 15) is 4.79 Å². The van der Waals surface area contributed by atoms with Gasteiger partial charge in [0.15, 0.2) is 0 Å². The number of anilines is 7. The van der Waals surface area contributed by atoms with Crippen molar-refractivity contribution in [3.05, 3.63) is 169 Å². The van der Waals surface area contributed by atoms with Gasteiger partial charge in [-0.05, 0) is 79.7 Å². The third-order valence-corrected chi connectivity index (χ3v) is 8.35. The van der Waals surface area contributed by atoms with Crippen LogP contribution in [0.15, 0.2) is 158 Å². The predicted molar refractivity (Wildman–Crippen MR) is 237 cm³/mol. The van der Waals surface area contributed by atoms with E-state index in [1.165, 1.54) is 0 Å². The number of carbonyl (C=O) groups is 1. The van der Waals surface area contributed by atoms with Crippen molar-refractivity contribution in [1.82, 2.24) is 0 Å². The molecule has 9 nitrogen and oxygen atoms in total. The molecule has 8 rings (SSSR count). The highest BCUT2D eigenvalue weighted by Gasteiger charge is 2.08. The second-order valence-electron chi connectivity index (χ2n) is 12.2. The molecule has 0 radical (unpaired) electrons. The number of benzene rings is 8. The van der Waals surface area contributed by atoms with Crippen LogP contribution in [0.4, 0.5) is 39.8 Å². The van der Waals surface area contributed by atoms with Crippen molar-refractivity contribution < 1.29 is 9.53 Å². The minimum atomic E-state index is -0.381. The normalized spacial score (nSPS) is 9.95. The lowest BCUT2D eigenvalue weighted by atomic mass is 10.1. The Kier molecular flexibility index (Phi) is 14.3. The third kappa shape index (κ3) is 10.8. The lowest BCUT2D eigenvalue weighted by molar-refractivity contribution is 0.0734. The maximum Gasteiger partial charge on any atom is 0.343 e. The van der Waals surface area contributed by atoms with E-state index >= 15 is 0 Å². The van der Waals surface area contributed by atoms with Crippen LogP contribution in [0.25, 0.3) is 32.3 Å². The van der Waals surface area contributed by atoms with E-state index < -0.39 is 0 Å². The minimum absolute atomic E-state index is 0.381. The van der Waals surface area contributed by atoms with Gasteiger partial charge in [-0.1, -0.05) is 104 Å². The maximum absolute atomic E-state index is 11.7. The van der Waals surface area contributed by atoms with Gasteiger partial charge in [-0.25, -0.2) is 4.79 Å². The number of hydrogen-bond donors (Lipinski definition) is 7. The number of esters is 1. The summed E-state index contributed by atoms with van der Waals surface area (Å²) in [6.07, 6.45) is 0. The molecule has 0 saturated carbocycles. The number of carbonyl (C=O) groups excluding carboxylic acids is 1. The van der Waals surface area contributed by atoms with Crippen molar-refractivity contribution in [3.63, 3.8) is 0 Å². The van der Waals surface area contributed by atoms with E-state index in [1.807, 2.05) is 142 Å². The van der Waals surface area contributed by atoms with E-state index in [0.717, 1.165) is 72.0 Å². The molecule has 8 aromatic carbocycles. The van der Waals surface area contributed by atoms with Crippen LogP contribution < -0.4 is 44.9 Å². The van der Waals surface area contributed by atoms with Gasteiger partial charge in [0.05, 0.1) is 5.56 Å². The molecule has 0 unspecified atom stereocenters. The summed E-state index contributed by atoms with van der Waals surface area (Å²) >= 11 is 0. The highest BCUT2D eigenvalue weighted by atomic mass is 16.5. The summed E-state index contributed by atoms with van der Waals surface area (Å²) in [4.78, 5) is 11.7. The second kappa shape index (κ2) is 19.4. The van der Waals surface area contributed by atoms with Gasteiger partial charge in [-0.2, -0.15) is 0 Å². The summed E-state index contributed by atoms with van der Waals surface area (Å²) in [6, 6.07) is 48.5. The number of nitrogens with two attached hydrogens (primary N) is 7. The first-order valence-electron chi connectivity index (χ1n) is 17.7. The zero-order valence-corrected chi connectivity index (χ0v) is 31.4. The molecule has 14 N–H and O–H groups in total. The molecule has 0 aliphatic rings. The molecule has 0 aliphatic heterocycles. The van der Waals surface area contributed by atoms with Crippen LogP contribution in [0.2, 0.25) is 0 Å². The fourth-order valence-electron chi connectivity index (χ4n) is 5.43. The van der Waals surface area contributed by atoms with Gasteiger partial charge in [0.2, 0.25) is 0 Å². The zero-order chi connectivity index (χ0) is 39.9. The Bertz CT molecular complexity index is 2160. The number of aryl methyl sites for hydroxylation is 1. The summed E-state index contributed by atoms with van der Waals surface area (Å²) in [5, 5.41) is 6.15. The van der Waals surface area contributed by atoms with Gasteiger partial charge in [-0.15, -0.1) is 0 Å². The zero-order valence-electron chi connectivity index (χ0n) is 31.4. The van der Waals surface area contributed by atoms with Crippen molar-refractivity contribution in [2.75, 3.05) is 40.1 Å². The summed E-state index contributed by atoms with van der Waals surface area (Å²) in [7, 11) is 0. The highest BCUT2D eigenvalue weighted by Crippen LogP contribution is 2.27. The second-order valence-corrected chi connectivity index (χ2v) is 12.2. The number of ether oxygens (including phenoxy) is 1. The van der Waals surface area contributed by atoms with Gasteiger partial charge in [0.25, 0.3) is 0 Å². The molecule has 0 aliphatic carbocycles. The summed E-state index contributed by atoms with van der Waals surface area (Å²) in [6.45, 7) is 5.98. The van der Waals surface area contributed by atoms with Crippen molar-refractivity contribution in [1.29, 1.82) is 0 Å². The van der Waals surface area contributed by atoms with E-state index in [4.69, 9.17) is 44.9 Å². The Balaban J connectivity index is 0.000000162. The molecule has 0 amide bonds. The van der Waals surface area contributed by atoms with Gasteiger partial charge in [0.1, 0.15) is 5.75 Å². The SMILES string of the molecule is CC.Cc1ccc(OC(=O)c2ccc(N)cc2)cc1.Nc1ccc(N)c2ccccc12.Nc1ccc(N)c2ccccc12.Nc1ccc(N)c2ccccc12. The Morgan fingerprint density at radius 2 is 0.655 bits per heavy atom. The monoisotopic (exact) mass is 731 g/mol. The topological polar surface area (TPSA) is 208 Å². The molecule has 0 atom stereocenters. The van der Waals surface area contributed by atoms with Crippen LogP contribution >= 0.6 is 0 Å². The van der Waals surface area contributed by atoms with E-state index in [-0.39, 0.29) is 5.97 Å². The van der Waals surface area contributed by atoms with Crippen LogP contribution in [-0.4, -0.2) is 5.97 Å². The predicted octanol–water partition coefficient (Wildman–Crippen LogP) is 9.84. The first kappa shape index (κ1) is 40.4. The van der Waals surface area contributed by atoms with Gasteiger partial charge < -0.3 is 44.9 Å². The van der Waals surface area contributed by atoms with Gasteiger partial charge >= 0.3 is 5.97 Å². The molecule has 0 heterocycles. The van der Waals surface area contributed by atoms with E-state index in [0.29, 0.717) is 17.0 Å². The Morgan fingerprint density at radius 3 is 0.927 bits per heavy atom. The Labute approximate surface area is 322 Å². The first-order chi connectivity index (χ1) is 26.5. The third-order valence-electron chi connectivity index (χ3n) is 8.35. The maximum atomic E-state index is 11.7. The average Bonchev–Trinajstić information content (AvgIpc) is 3.22. The standard InChI is InChI=1S/C14H13NO2.3C10H10N2.C2H6/c1-10-2-8-13(9-3-10)17-14(16)11-4-6-12(15)7-5-11;3*11-9-5-6-10(12)8-4-2-1-3-7(8)9;1-2/h2-9H,15H2,1H3;3*1-6H,11-12H2;1-2H3. The van der Waals surface area contributed by atoms with E-state index in [1.54, 1.807) is 36.4 Å². The lowest BCUT2D eigenvalue weighted by Crippen LogP contribution is -2.08. The molecule has 0 spiro atoms. The Hall–Kier alpha value is -7.39. The molecule has 8 aromatic rings. The fourth-order valence-corrected chi connectivity index (χ4v) is 5.43. The lowest BCUT2D eigenvalue weighted by Gasteiger charge is -2.04. The molecule has 0 bridgehead atoms. The van der Waals surface area contributed by atoms with Gasteiger partial charge in [0, 0.05) is 72.1 Å². The first-order valence-corrected chi connectivity index (χ1v) is 17.7. The summed E-state index contributed by atoms with van der Waals surface area (Å²) in [5.41, 5.74) is 47.1. The van der Waals surface area contributed by atoms with E-state index in [2.05, 4.69) is 0 Å². The number of hydrogen-bond acceptors (Lipinski definition) is 9. The summed E-state index contributed by atoms with van der Waals surface area (Å²) < 4.78 is 5.22. The Morgan fingerprint density at radius 1 is 0.382 bits per heavy atom. The minimum Gasteiger partial charge on any atom is -0.423 e. The summed E-state index contributed by atoms with van der Waals surface area (Å²) in [5.74, 6) is 0.159. The van der Waals surface area contributed by atoms with Crippen LogP contribution in [0.1, 0.15) is 29.8 Å². The van der Waals surface area contributed by atoms with Crippen LogP contribution in [-0.2, 0) is 0 Å². The fraction of sp³-hybridized carbons (Fsp3) is 0.0652. The molecule has 9 heteroatoms.